The van der Waals surface area contributed by atoms with Gasteiger partial charge in [-0.1, -0.05) is 12.1 Å². The van der Waals surface area contributed by atoms with Gasteiger partial charge in [0.2, 0.25) is 0 Å². The quantitative estimate of drug-likeness (QED) is 0.613. The maximum Gasteiger partial charge on any atom is 0.159 e. The second kappa shape index (κ2) is 8.08. The summed E-state index contributed by atoms with van der Waals surface area (Å²) in [4.78, 5) is 14.1. The fraction of sp³-hybridized carbons (Fsp3) is 0.520. The van der Waals surface area contributed by atoms with Crippen molar-refractivity contribution in [1.82, 2.24) is 24.6 Å². The van der Waals surface area contributed by atoms with Crippen molar-refractivity contribution in [2.75, 3.05) is 37.7 Å². The number of piperazine rings is 1. The summed E-state index contributed by atoms with van der Waals surface area (Å²) < 4.78 is 7.48. The Morgan fingerprint density at radius 3 is 2.76 bits per heavy atom. The first-order valence-electron chi connectivity index (χ1n) is 12.0. The molecule has 1 aliphatic carbocycles. The van der Waals surface area contributed by atoms with Crippen LogP contribution in [-0.4, -0.2) is 69.6 Å². The molecular weight excluding hydrogens is 414 g/mol. The highest BCUT2D eigenvalue weighted by Crippen LogP contribution is 2.43. The molecule has 0 amide bonds. The molecule has 0 unspecified atom stereocenters. The van der Waals surface area contributed by atoms with E-state index in [1.165, 1.54) is 0 Å². The molecule has 0 spiro atoms. The first-order valence-corrected chi connectivity index (χ1v) is 12.0. The van der Waals surface area contributed by atoms with Gasteiger partial charge >= 0.3 is 0 Å². The first kappa shape index (κ1) is 20.6. The van der Waals surface area contributed by atoms with E-state index in [2.05, 4.69) is 56.1 Å². The van der Waals surface area contributed by atoms with Crippen molar-refractivity contribution in [3.8, 4) is 11.9 Å². The molecule has 4 heterocycles. The molecule has 3 aliphatic rings. The van der Waals surface area contributed by atoms with Gasteiger partial charge in [0.05, 0.1) is 29.8 Å². The number of anilines is 1. The van der Waals surface area contributed by atoms with Gasteiger partial charge in [-0.15, -0.1) is 0 Å². The van der Waals surface area contributed by atoms with Crippen LogP contribution in [0.15, 0.2) is 36.8 Å². The Balaban J connectivity index is 1.28. The molecule has 2 saturated heterocycles. The van der Waals surface area contributed by atoms with E-state index in [-0.39, 0.29) is 5.41 Å². The number of benzene rings is 1. The molecule has 0 N–H and O–H groups in total. The maximum absolute atomic E-state index is 9.78. The lowest BCUT2D eigenvalue weighted by molar-refractivity contribution is 0.105. The van der Waals surface area contributed by atoms with Crippen LogP contribution in [0.3, 0.4) is 0 Å². The fourth-order valence-corrected chi connectivity index (χ4v) is 5.63. The van der Waals surface area contributed by atoms with E-state index in [1.54, 1.807) is 6.33 Å². The summed E-state index contributed by atoms with van der Waals surface area (Å²) in [7, 11) is 0. The van der Waals surface area contributed by atoms with Crippen molar-refractivity contribution < 1.29 is 4.74 Å². The van der Waals surface area contributed by atoms with Crippen molar-refractivity contribution in [2.24, 2.45) is 0 Å². The Hall–Kier alpha value is -3.02. The lowest BCUT2D eigenvalue weighted by Gasteiger charge is -2.43. The zero-order chi connectivity index (χ0) is 22.4. The van der Waals surface area contributed by atoms with Gasteiger partial charge in [0, 0.05) is 49.8 Å². The third kappa shape index (κ3) is 3.47. The molecule has 170 valence electrons. The van der Waals surface area contributed by atoms with Crippen LogP contribution >= 0.6 is 0 Å². The first-order chi connectivity index (χ1) is 16.2. The Morgan fingerprint density at radius 2 is 2.03 bits per heavy atom. The van der Waals surface area contributed by atoms with Gasteiger partial charge in [0.25, 0.3) is 0 Å². The molecule has 6 rings (SSSR count). The van der Waals surface area contributed by atoms with Crippen LogP contribution in [0.5, 0.6) is 0 Å². The van der Waals surface area contributed by atoms with E-state index in [0.717, 1.165) is 86.6 Å². The largest absolute Gasteiger partial charge is 0.380 e. The summed E-state index contributed by atoms with van der Waals surface area (Å²) in [5.74, 6) is 1.69. The van der Waals surface area contributed by atoms with Crippen LogP contribution in [0.2, 0.25) is 0 Å². The SMILES string of the molecule is C[C@@H]1CN(c2cc(-n3ncc4ccc(C5(C#N)CCC5)cc43)ncn2)CCN1[C@@H]1CCOC1. The van der Waals surface area contributed by atoms with Gasteiger partial charge in [0.1, 0.15) is 12.1 Å². The van der Waals surface area contributed by atoms with E-state index < -0.39 is 0 Å². The lowest BCUT2D eigenvalue weighted by Crippen LogP contribution is -2.55. The average Bonchev–Trinajstić information content (AvgIpc) is 3.49. The molecule has 0 bridgehead atoms. The standard InChI is InChI=1S/C25H29N7O/c1-18-14-30(8-9-31(18)21-5-10-33-15-21)23-12-24(28-17-27-23)32-22-11-20(4-3-19(22)13-29-32)25(16-26)6-2-7-25/h3-4,11-13,17-18,21H,2,5-10,14-15H2,1H3/t18-,21-/m1/s1. The van der Waals surface area contributed by atoms with Crippen molar-refractivity contribution >= 4 is 16.7 Å². The average molecular weight is 444 g/mol. The summed E-state index contributed by atoms with van der Waals surface area (Å²) in [5.41, 5.74) is 1.72. The molecule has 0 radical (unpaired) electrons. The van der Waals surface area contributed by atoms with Crippen molar-refractivity contribution in [3.05, 3.63) is 42.4 Å². The minimum Gasteiger partial charge on any atom is -0.380 e. The lowest BCUT2D eigenvalue weighted by atomic mass is 9.65. The maximum atomic E-state index is 9.78. The zero-order valence-electron chi connectivity index (χ0n) is 19.0. The van der Waals surface area contributed by atoms with Crippen LogP contribution in [0.1, 0.15) is 38.2 Å². The number of rotatable bonds is 4. The van der Waals surface area contributed by atoms with Crippen LogP contribution in [0.25, 0.3) is 16.7 Å². The molecule has 2 aromatic heterocycles. The molecule has 8 nitrogen and oxygen atoms in total. The van der Waals surface area contributed by atoms with E-state index >= 15 is 0 Å². The van der Waals surface area contributed by atoms with Crippen LogP contribution in [0, 0.1) is 11.3 Å². The summed E-state index contributed by atoms with van der Waals surface area (Å²) in [6, 6.07) is 11.8. The molecule has 33 heavy (non-hydrogen) atoms. The summed E-state index contributed by atoms with van der Waals surface area (Å²) >= 11 is 0. The van der Waals surface area contributed by atoms with Crippen molar-refractivity contribution in [1.29, 1.82) is 5.26 Å². The molecular formula is C25H29N7O. The minimum atomic E-state index is -0.347. The second-order valence-electron chi connectivity index (χ2n) is 9.66. The molecule has 1 saturated carbocycles. The van der Waals surface area contributed by atoms with E-state index in [0.29, 0.717) is 12.1 Å². The highest BCUT2D eigenvalue weighted by Gasteiger charge is 2.39. The summed E-state index contributed by atoms with van der Waals surface area (Å²) in [5, 5.41) is 15.5. The number of aromatic nitrogens is 4. The summed E-state index contributed by atoms with van der Waals surface area (Å²) in [6.07, 6.45) is 7.59. The number of hydrogen-bond donors (Lipinski definition) is 0. The number of ether oxygens (including phenoxy) is 1. The summed E-state index contributed by atoms with van der Waals surface area (Å²) in [6.45, 7) is 6.90. The van der Waals surface area contributed by atoms with Gasteiger partial charge in [-0.2, -0.15) is 10.4 Å². The highest BCUT2D eigenvalue weighted by atomic mass is 16.5. The number of hydrogen-bond acceptors (Lipinski definition) is 7. The van der Waals surface area contributed by atoms with Crippen LogP contribution in [-0.2, 0) is 10.2 Å². The minimum absolute atomic E-state index is 0.347. The Labute approximate surface area is 193 Å². The third-order valence-electron chi connectivity index (χ3n) is 7.78. The molecule has 2 aliphatic heterocycles. The predicted octanol–water partition coefficient (Wildman–Crippen LogP) is 3.06. The number of fused-ring (bicyclic) bond motifs is 1. The third-order valence-corrected chi connectivity index (χ3v) is 7.78. The highest BCUT2D eigenvalue weighted by molar-refractivity contribution is 5.81. The molecule has 3 fully saturated rings. The molecule has 1 aromatic carbocycles. The van der Waals surface area contributed by atoms with Crippen molar-refractivity contribution in [2.45, 2.75) is 50.1 Å². The fourth-order valence-electron chi connectivity index (χ4n) is 5.63. The van der Waals surface area contributed by atoms with E-state index in [4.69, 9.17) is 4.74 Å². The Kier molecular flexibility index (Phi) is 5.04. The number of nitrogens with zero attached hydrogens (tertiary/aromatic N) is 7. The number of nitriles is 1. The normalized spacial score (nSPS) is 25.2. The van der Waals surface area contributed by atoms with Crippen molar-refractivity contribution in [3.63, 3.8) is 0 Å². The predicted molar refractivity (Wildman–Crippen MR) is 125 cm³/mol. The van der Waals surface area contributed by atoms with Gasteiger partial charge in [-0.25, -0.2) is 14.6 Å². The van der Waals surface area contributed by atoms with Gasteiger partial charge in [-0.3, -0.25) is 4.90 Å². The van der Waals surface area contributed by atoms with E-state index in [9.17, 15) is 5.26 Å². The Bertz CT molecular complexity index is 1200. The Morgan fingerprint density at radius 1 is 1.15 bits per heavy atom. The second-order valence-corrected chi connectivity index (χ2v) is 9.66. The smallest absolute Gasteiger partial charge is 0.159 e. The zero-order valence-corrected chi connectivity index (χ0v) is 19.0. The van der Waals surface area contributed by atoms with Crippen LogP contribution in [0.4, 0.5) is 5.82 Å². The molecule has 8 heteroatoms. The van der Waals surface area contributed by atoms with Gasteiger partial charge in [0.15, 0.2) is 5.82 Å². The van der Waals surface area contributed by atoms with Gasteiger partial charge < -0.3 is 9.64 Å². The topological polar surface area (TPSA) is 83.1 Å². The van der Waals surface area contributed by atoms with E-state index in [1.807, 2.05) is 16.9 Å². The van der Waals surface area contributed by atoms with Gasteiger partial charge in [-0.05, 0) is 44.2 Å². The molecule has 3 aromatic rings. The monoisotopic (exact) mass is 443 g/mol. The van der Waals surface area contributed by atoms with Crippen LogP contribution < -0.4 is 4.90 Å². The molecule has 2 atom stereocenters.